The summed E-state index contributed by atoms with van der Waals surface area (Å²) < 4.78 is 0. The van der Waals surface area contributed by atoms with Crippen LogP contribution in [-0.2, 0) is 0 Å². The molecule has 3 fully saturated rings. The van der Waals surface area contributed by atoms with Gasteiger partial charge in [0.2, 0.25) is 0 Å². The van der Waals surface area contributed by atoms with Crippen LogP contribution in [-0.4, -0.2) is 49.4 Å². The third kappa shape index (κ3) is 2.23. The molecule has 1 unspecified atom stereocenters. The maximum absolute atomic E-state index is 13.4. The van der Waals surface area contributed by atoms with Gasteiger partial charge in [0.05, 0.1) is 12.4 Å². The fourth-order valence-corrected chi connectivity index (χ4v) is 4.10. The molecule has 7 heteroatoms. The van der Waals surface area contributed by atoms with Crippen LogP contribution in [0.25, 0.3) is 5.69 Å². The molecule has 2 bridgehead atoms. The Morgan fingerprint density at radius 2 is 2.00 bits per heavy atom. The Bertz CT molecular complexity index is 752. The van der Waals surface area contributed by atoms with E-state index in [4.69, 9.17) is 5.73 Å². The molecule has 0 spiro atoms. The Morgan fingerprint density at radius 3 is 2.67 bits per heavy atom. The monoisotopic (exact) mass is 326 g/mol. The highest BCUT2D eigenvalue weighted by atomic mass is 16.2. The number of aromatic nitrogens is 4. The molecule has 0 aromatic carbocycles. The van der Waals surface area contributed by atoms with E-state index in [0.717, 1.165) is 18.5 Å². The van der Waals surface area contributed by atoms with Gasteiger partial charge in [0.25, 0.3) is 5.91 Å². The van der Waals surface area contributed by atoms with Crippen molar-refractivity contribution < 1.29 is 4.79 Å². The van der Waals surface area contributed by atoms with Crippen LogP contribution < -0.4 is 5.73 Å². The number of hydrogen-bond acceptors (Lipinski definition) is 5. The molecule has 2 aromatic heterocycles. The van der Waals surface area contributed by atoms with Crippen molar-refractivity contribution in [1.29, 1.82) is 0 Å². The van der Waals surface area contributed by atoms with Gasteiger partial charge in [-0.15, -0.1) is 4.80 Å². The lowest BCUT2D eigenvalue weighted by Crippen LogP contribution is -2.65. The first-order valence-corrected chi connectivity index (χ1v) is 8.47. The van der Waals surface area contributed by atoms with Gasteiger partial charge < -0.3 is 10.6 Å². The van der Waals surface area contributed by atoms with Gasteiger partial charge in [0.1, 0.15) is 5.69 Å². The summed E-state index contributed by atoms with van der Waals surface area (Å²) in [5.74, 6) is 1.07. The number of aryl methyl sites for hydroxylation is 1. The van der Waals surface area contributed by atoms with E-state index in [1.54, 1.807) is 12.4 Å². The molecule has 5 rings (SSSR count). The Morgan fingerprint density at radius 1 is 1.29 bits per heavy atom. The normalized spacial score (nSPS) is 28.5. The molecule has 3 aliphatic rings. The van der Waals surface area contributed by atoms with Crippen molar-refractivity contribution in [2.75, 3.05) is 6.54 Å². The predicted molar refractivity (Wildman–Crippen MR) is 88.6 cm³/mol. The maximum atomic E-state index is 13.4. The Labute approximate surface area is 140 Å². The molecule has 7 nitrogen and oxygen atoms in total. The molecule has 2 aliphatic heterocycles. The van der Waals surface area contributed by atoms with Crippen LogP contribution in [0, 0.1) is 18.8 Å². The summed E-state index contributed by atoms with van der Waals surface area (Å²) in [6.45, 7) is 4.58. The highest BCUT2D eigenvalue weighted by Crippen LogP contribution is 2.46. The van der Waals surface area contributed by atoms with Crippen molar-refractivity contribution in [3.05, 3.63) is 35.9 Å². The average Bonchev–Trinajstić information content (AvgIpc) is 3.06. The van der Waals surface area contributed by atoms with Crippen LogP contribution in [0.5, 0.6) is 0 Å². The summed E-state index contributed by atoms with van der Waals surface area (Å²) in [4.78, 5) is 21.3. The molecule has 4 heterocycles. The van der Waals surface area contributed by atoms with E-state index in [9.17, 15) is 4.79 Å². The number of nitrogens with two attached hydrogens (primary N) is 1. The first-order chi connectivity index (χ1) is 11.6. The quantitative estimate of drug-likeness (QED) is 0.914. The van der Waals surface area contributed by atoms with E-state index in [1.165, 1.54) is 4.80 Å². The number of carbonyl (C=O) groups is 1. The van der Waals surface area contributed by atoms with Crippen LogP contribution in [0.2, 0.25) is 0 Å². The molecule has 126 valence electrons. The van der Waals surface area contributed by atoms with Crippen molar-refractivity contribution in [2.45, 2.75) is 38.8 Å². The lowest BCUT2D eigenvalue weighted by Gasteiger charge is -2.57. The molecule has 2 aromatic rings. The van der Waals surface area contributed by atoms with Crippen LogP contribution in [0.15, 0.2) is 24.5 Å². The molecular weight excluding hydrogens is 304 g/mol. The molecule has 24 heavy (non-hydrogen) atoms. The lowest BCUT2D eigenvalue weighted by molar-refractivity contribution is -0.0517. The third-order valence-corrected chi connectivity index (χ3v) is 5.58. The molecule has 2 N–H and O–H groups in total. The van der Waals surface area contributed by atoms with Crippen LogP contribution in [0.4, 0.5) is 0 Å². The maximum Gasteiger partial charge on any atom is 0.275 e. The third-order valence-electron chi connectivity index (χ3n) is 5.58. The van der Waals surface area contributed by atoms with Crippen molar-refractivity contribution in [1.82, 2.24) is 24.9 Å². The minimum Gasteiger partial charge on any atom is -0.330 e. The first kappa shape index (κ1) is 15.3. The molecular formula is C17H22N6O. The zero-order chi connectivity index (χ0) is 16.8. The number of pyridine rings is 1. The van der Waals surface area contributed by atoms with Gasteiger partial charge in [0, 0.05) is 24.3 Å². The topological polar surface area (TPSA) is 89.9 Å². The van der Waals surface area contributed by atoms with Gasteiger partial charge in [-0.1, -0.05) is 6.92 Å². The summed E-state index contributed by atoms with van der Waals surface area (Å²) in [5.41, 5.74) is 7.82. The number of nitrogens with zero attached hydrogens (tertiary/aromatic N) is 5. The van der Waals surface area contributed by atoms with E-state index < -0.39 is 0 Å². The second-order valence-corrected chi connectivity index (χ2v) is 6.90. The van der Waals surface area contributed by atoms with E-state index >= 15 is 0 Å². The van der Waals surface area contributed by atoms with E-state index in [2.05, 4.69) is 22.1 Å². The minimum atomic E-state index is -0.0588. The molecule has 0 radical (unpaired) electrons. The highest BCUT2D eigenvalue weighted by molar-refractivity contribution is 5.96. The van der Waals surface area contributed by atoms with Crippen molar-refractivity contribution in [3.8, 4) is 5.69 Å². The van der Waals surface area contributed by atoms with Crippen LogP contribution >= 0.6 is 0 Å². The molecule has 2 atom stereocenters. The van der Waals surface area contributed by atoms with Crippen LogP contribution in [0.1, 0.15) is 35.9 Å². The Hall–Kier alpha value is -2.28. The summed E-state index contributed by atoms with van der Waals surface area (Å²) in [6, 6.07) is 4.08. The number of fused-ring (bicyclic) bond motifs is 2. The number of hydrogen-bond donors (Lipinski definition) is 1. The summed E-state index contributed by atoms with van der Waals surface area (Å²) in [6.07, 6.45) is 5.34. The standard InChI is InChI=1S/C17H22N6O/c1-10-3-4-14(23-19-5-6-20-23)16(21-10)17(24)22-13-7-12(8-13)11(2)15(22)9-18/h3-6,11-13,15H,7-9,18H2,1-2H3/t11-,12?,13?,15?/m0/s1. The van der Waals surface area contributed by atoms with Gasteiger partial charge in [-0.2, -0.15) is 10.2 Å². The number of carbonyl (C=O) groups excluding carboxylic acids is 1. The van der Waals surface area contributed by atoms with E-state index in [1.807, 2.05) is 24.0 Å². The lowest BCUT2D eigenvalue weighted by atomic mass is 9.64. The zero-order valence-electron chi connectivity index (χ0n) is 14.0. The number of piperidine rings is 2. The molecule has 1 aliphatic carbocycles. The van der Waals surface area contributed by atoms with Crippen LogP contribution in [0.3, 0.4) is 0 Å². The largest absolute Gasteiger partial charge is 0.330 e. The summed E-state index contributed by atoms with van der Waals surface area (Å²) in [5, 5.41) is 8.31. The summed E-state index contributed by atoms with van der Waals surface area (Å²) >= 11 is 0. The Kier molecular flexibility index (Phi) is 3.60. The van der Waals surface area contributed by atoms with Gasteiger partial charge >= 0.3 is 0 Å². The van der Waals surface area contributed by atoms with E-state index in [-0.39, 0.29) is 18.0 Å². The van der Waals surface area contributed by atoms with Crippen molar-refractivity contribution >= 4 is 5.91 Å². The molecule has 1 amide bonds. The second kappa shape index (κ2) is 5.66. The minimum absolute atomic E-state index is 0.0588. The van der Waals surface area contributed by atoms with Gasteiger partial charge in [-0.25, -0.2) is 4.98 Å². The summed E-state index contributed by atoms with van der Waals surface area (Å²) in [7, 11) is 0. The SMILES string of the molecule is Cc1ccc(-n2nccn2)c(C(=O)N2C3CC(C3)[C@H](C)C2CN)n1. The smallest absolute Gasteiger partial charge is 0.275 e. The zero-order valence-corrected chi connectivity index (χ0v) is 14.0. The van der Waals surface area contributed by atoms with Gasteiger partial charge in [-0.3, -0.25) is 4.79 Å². The number of amides is 1. The van der Waals surface area contributed by atoms with Gasteiger partial charge in [0.15, 0.2) is 5.69 Å². The van der Waals surface area contributed by atoms with Crippen molar-refractivity contribution in [2.24, 2.45) is 17.6 Å². The fourth-order valence-electron chi connectivity index (χ4n) is 4.10. The Balaban J connectivity index is 1.75. The highest BCUT2D eigenvalue weighted by Gasteiger charge is 2.50. The molecule has 1 saturated carbocycles. The number of rotatable bonds is 3. The van der Waals surface area contributed by atoms with Crippen molar-refractivity contribution in [3.63, 3.8) is 0 Å². The van der Waals surface area contributed by atoms with E-state index in [0.29, 0.717) is 29.8 Å². The first-order valence-electron chi connectivity index (χ1n) is 8.47. The predicted octanol–water partition coefficient (Wildman–Crippen LogP) is 1.17. The van der Waals surface area contributed by atoms with Gasteiger partial charge in [-0.05, 0) is 43.7 Å². The fraction of sp³-hybridized carbons (Fsp3) is 0.529. The average molecular weight is 326 g/mol. The second-order valence-electron chi connectivity index (χ2n) is 6.90. The molecule has 2 saturated heterocycles.